The minimum atomic E-state index is -0.0901. The van der Waals surface area contributed by atoms with Gasteiger partial charge in [0.1, 0.15) is 0 Å². The van der Waals surface area contributed by atoms with Crippen molar-refractivity contribution in [1.29, 1.82) is 0 Å². The van der Waals surface area contributed by atoms with Gasteiger partial charge in [-0.3, -0.25) is 18.9 Å². The highest BCUT2D eigenvalue weighted by atomic mass is 16.2. The molecule has 3 heterocycles. The third kappa shape index (κ3) is 3.97. The number of carbonyl (C=O) groups excluding carboxylic acids is 1. The number of imidazole rings is 1. The number of fused-ring (bicyclic) bond motifs is 1. The molecule has 0 spiro atoms. The molecule has 4 aromatic rings. The van der Waals surface area contributed by atoms with Gasteiger partial charge in [-0.25, -0.2) is 4.79 Å². The van der Waals surface area contributed by atoms with E-state index in [9.17, 15) is 9.59 Å². The number of benzene rings is 2. The normalized spacial score (nSPS) is 16.0. The van der Waals surface area contributed by atoms with E-state index in [0.717, 1.165) is 35.3 Å². The van der Waals surface area contributed by atoms with Gasteiger partial charge >= 0.3 is 5.69 Å². The van der Waals surface area contributed by atoms with Gasteiger partial charge < -0.3 is 4.90 Å². The summed E-state index contributed by atoms with van der Waals surface area (Å²) in [5, 5.41) is 0. The van der Waals surface area contributed by atoms with E-state index in [1.54, 1.807) is 23.2 Å². The first-order valence-corrected chi connectivity index (χ1v) is 11.4. The molecule has 2 aromatic carbocycles. The molecule has 1 amide bonds. The van der Waals surface area contributed by atoms with Crippen LogP contribution < -0.4 is 5.69 Å². The van der Waals surface area contributed by atoms with Gasteiger partial charge in [0.15, 0.2) is 0 Å². The number of rotatable bonds is 4. The fourth-order valence-corrected chi connectivity index (χ4v) is 4.92. The molecule has 0 unspecified atom stereocenters. The summed E-state index contributed by atoms with van der Waals surface area (Å²) in [5.74, 6) is 0.237. The van der Waals surface area contributed by atoms with E-state index in [0.29, 0.717) is 18.7 Å². The molecule has 1 fully saturated rings. The SMILES string of the molecule is Cc1cc(Cc2ccccc2)cc([C@@H]2CCN(C(=O)c3ccc4c(c3)n(C)c(=O)n4C)C2)n1. The maximum atomic E-state index is 13.3. The van der Waals surface area contributed by atoms with Crippen molar-refractivity contribution in [3.63, 3.8) is 0 Å². The highest BCUT2D eigenvalue weighted by Crippen LogP contribution is 2.29. The minimum Gasteiger partial charge on any atom is -0.338 e. The van der Waals surface area contributed by atoms with Gasteiger partial charge in [0, 0.05) is 50.1 Å². The predicted molar refractivity (Wildman–Crippen MR) is 130 cm³/mol. The number of aromatic nitrogens is 3. The first-order valence-electron chi connectivity index (χ1n) is 11.4. The Morgan fingerprint density at radius 1 is 0.970 bits per heavy atom. The van der Waals surface area contributed by atoms with Crippen molar-refractivity contribution in [1.82, 2.24) is 19.0 Å². The average molecular weight is 441 g/mol. The fraction of sp³-hybridized carbons (Fsp3) is 0.296. The molecule has 0 N–H and O–H groups in total. The molecule has 0 radical (unpaired) electrons. The monoisotopic (exact) mass is 440 g/mol. The minimum absolute atomic E-state index is 0.00728. The van der Waals surface area contributed by atoms with Crippen LogP contribution in [0.5, 0.6) is 0 Å². The van der Waals surface area contributed by atoms with Crippen molar-refractivity contribution in [2.45, 2.75) is 25.7 Å². The Balaban J connectivity index is 1.35. The number of amides is 1. The third-order valence-corrected chi connectivity index (χ3v) is 6.70. The molecule has 6 nitrogen and oxygen atoms in total. The summed E-state index contributed by atoms with van der Waals surface area (Å²) in [6.07, 6.45) is 1.78. The Labute approximate surface area is 193 Å². The predicted octanol–water partition coefficient (Wildman–Crippen LogP) is 3.80. The molecule has 6 heteroatoms. The second kappa shape index (κ2) is 8.35. The number of hydrogen-bond donors (Lipinski definition) is 0. The highest BCUT2D eigenvalue weighted by molar-refractivity contribution is 5.97. The maximum Gasteiger partial charge on any atom is 0.328 e. The number of nitrogens with zero attached hydrogens (tertiary/aromatic N) is 4. The summed E-state index contributed by atoms with van der Waals surface area (Å²) in [4.78, 5) is 32.2. The third-order valence-electron chi connectivity index (χ3n) is 6.70. The van der Waals surface area contributed by atoms with E-state index in [2.05, 4.69) is 36.4 Å². The molecule has 33 heavy (non-hydrogen) atoms. The molecule has 2 aromatic heterocycles. The van der Waals surface area contributed by atoms with E-state index in [-0.39, 0.29) is 17.5 Å². The Bertz CT molecular complexity index is 1400. The molecule has 0 aliphatic carbocycles. The van der Waals surface area contributed by atoms with Crippen LogP contribution in [0.3, 0.4) is 0 Å². The lowest BCUT2D eigenvalue weighted by Crippen LogP contribution is -2.28. The zero-order chi connectivity index (χ0) is 23.1. The Morgan fingerprint density at radius 2 is 1.73 bits per heavy atom. The van der Waals surface area contributed by atoms with Gasteiger partial charge in [0.25, 0.3) is 5.91 Å². The van der Waals surface area contributed by atoms with Crippen LogP contribution in [-0.2, 0) is 20.5 Å². The summed E-state index contributed by atoms with van der Waals surface area (Å²) < 4.78 is 3.19. The van der Waals surface area contributed by atoms with Crippen molar-refractivity contribution in [2.75, 3.05) is 13.1 Å². The van der Waals surface area contributed by atoms with Crippen molar-refractivity contribution in [3.05, 3.63) is 99.2 Å². The average Bonchev–Trinajstić information content (AvgIpc) is 3.39. The first kappa shape index (κ1) is 21.2. The summed E-state index contributed by atoms with van der Waals surface area (Å²) in [6, 6.07) is 20.3. The first-order chi connectivity index (χ1) is 15.9. The van der Waals surface area contributed by atoms with Gasteiger partial charge in [-0.2, -0.15) is 0 Å². The van der Waals surface area contributed by atoms with Gasteiger partial charge in [0.2, 0.25) is 0 Å². The lowest BCUT2D eigenvalue weighted by atomic mass is 9.98. The molecule has 5 rings (SSSR count). The van der Waals surface area contributed by atoms with Gasteiger partial charge in [0.05, 0.1) is 11.0 Å². The zero-order valence-corrected chi connectivity index (χ0v) is 19.3. The lowest BCUT2D eigenvalue weighted by molar-refractivity contribution is 0.0791. The van der Waals surface area contributed by atoms with Crippen LogP contribution in [0.25, 0.3) is 11.0 Å². The molecular weight excluding hydrogens is 412 g/mol. The van der Waals surface area contributed by atoms with E-state index >= 15 is 0 Å². The quantitative estimate of drug-likeness (QED) is 0.485. The van der Waals surface area contributed by atoms with Crippen LogP contribution in [0.1, 0.15) is 45.2 Å². The largest absolute Gasteiger partial charge is 0.338 e. The van der Waals surface area contributed by atoms with Crippen molar-refractivity contribution < 1.29 is 4.79 Å². The summed E-state index contributed by atoms with van der Waals surface area (Å²) >= 11 is 0. The summed E-state index contributed by atoms with van der Waals surface area (Å²) in [7, 11) is 3.49. The molecular formula is C27H28N4O2. The Hall–Kier alpha value is -3.67. The van der Waals surface area contributed by atoms with E-state index in [1.165, 1.54) is 11.1 Å². The van der Waals surface area contributed by atoms with Crippen molar-refractivity contribution in [3.8, 4) is 0 Å². The standard InChI is InChI=1S/C27H28N4O2/c1-18-13-20(14-19-7-5-4-6-8-19)15-23(28-18)22-11-12-31(17-22)26(32)21-9-10-24-25(16-21)30(3)27(33)29(24)2/h4-10,13,15-16,22H,11-12,14,17H2,1-3H3/t22-/m1/s1. The summed E-state index contributed by atoms with van der Waals surface area (Å²) in [6.45, 7) is 3.40. The molecule has 1 saturated heterocycles. The van der Waals surface area contributed by atoms with E-state index < -0.39 is 0 Å². The molecule has 1 atom stereocenters. The van der Waals surface area contributed by atoms with Crippen molar-refractivity contribution in [2.24, 2.45) is 14.1 Å². The number of aryl methyl sites for hydroxylation is 3. The van der Waals surface area contributed by atoms with Crippen LogP contribution in [0.2, 0.25) is 0 Å². The molecule has 0 saturated carbocycles. The number of hydrogen-bond acceptors (Lipinski definition) is 3. The molecule has 1 aliphatic heterocycles. The van der Waals surface area contributed by atoms with Crippen LogP contribution in [0.15, 0.2) is 65.5 Å². The smallest absolute Gasteiger partial charge is 0.328 e. The number of pyridine rings is 1. The number of likely N-dealkylation sites (tertiary alicyclic amines) is 1. The van der Waals surface area contributed by atoms with E-state index in [1.807, 2.05) is 36.1 Å². The zero-order valence-electron chi connectivity index (χ0n) is 19.3. The Kier molecular flexibility index (Phi) is 5.36. The molecule has 1 aliphatic rings. The van der Waals surface area contributed by atoms with E-state index in [4.69, 9.17) is 4.98 Å². The second-order valence-electron chi connectivity index (χ2n) is 9.04. The topological polar surface area (TPSA) is 60.1 Å². The van der Waals surface area contributed by atoms with Gasteiger partial charge in [-0.15, -0.1) is 0 Å². The second-order valence-corrected chi connectivity index (χ2v) is 9.04. The van der Waals surface area contributed by atoms with Crippen LogP contribution in [0.4, 0.5) is 0 Å². The van der Waals surface area contributed by atoms with Gasteiger partial charge in [-0.1, -0.05) is 30.3 Å². The van der Waals surface area contributed by atoms with Crippen molar-refractivity contribution >= 4 is 16.9 Å². The fourth-order valence-electron chi connectivity index (χ4n) is 4.92. The van der Waals surface area contributed by atoms with Gasteiger partial charge in [-0.05, 0) is 61.2 Å². The lowest BCUT2D eigenvalue weighted by Gasteiger charge is -2.17. The van der Waals surface area contributed by atoms with Crippen LogP contribution in [-0.4, -0.2) is 38.0 Å². The summed E-state index contributed by atoms with van der Waals surface area (Å²) in [5.41, 5.74) is 6.74. The molecule has 168 valence electrons. The van der Waals surface area contributed by atoms with Crippen LogP contribution in [0, 0.1) is 6.92 Å². The Morgan fingerprint density at radius 3 is 2.52 bits per heavy atom. The molecule has 0 bridgehead atoms. The van der Waals surface area contributed by atoms with Crippen LogP contribution >= 0.6 is 0 Å². The number of carbonyl (C=O) groups is 1. The highest BCUT2D eigenvalue weighted by Gasteiger charge is 2.29. The maximum absolute atomic E-state index is 13.3.